The van der Waals surface area contributed by atoms with Gasteiger partial charge in [-0.05, 0) is 37.1 Å². The Morgan fingerprint density at radius 2 is 1.89 bits per heavy atom. The summed E-state index contributed by atoms with van der Waals surface area (Å²) in [4.78, 5) is 12.2. The number of nitrogens with one attached hydrogen (secondary N) is 2. The molecule has 0 spiro atoms. The van der Waals surface area contributed by atoms with Crippen molar-refractivity contribution < 1.29 is 13.6 Å². The van der Waals surface area contributed by atoms with Crippen LogP contribution in [0.15, 0.2) is 42.5 Å². The van der Waals surface area contributed by atoms with Gasteiger partial charge in [-0.1, -0.05) is 18.6 Å². The Morgan fingerprint density at radius 3 is 2.75 bits per heavy atom. The minimum absolute atomic E-state index is 0.0992. The predicted octanol–water partition coefficient (Wildman–Crippen LogP) is 4.59. The molecule has 8 heteroatoms. The Labute approximate surface area is 160 Å². The summed E-state index contributed by atoms with van der Waals surface area (Å²) in [5, 5.41) is 13.6. The number of rotatable bonds is 3. The van der Waals surface area contributed by atoms with Crippen LogP contribution in [-0.2, 0) is 13.0 Å². The van der Waals surface area contributed by atoms with Crippen LogP contribution in [0.1, 0.15) is 25.1 Å². The highest BCUT2D eigenvalue weighted by Crippen LogP contribution is 2.25. The number of amides is 2. The Kier molecular flexibility index (Phi) is 5.01. The number of aromatic nitrogens is 3. The van der Waals surface area contributed by atoms with E-state index in [-0.39, 0.29) is 5.69 Å². The number of fused-ring (bicyclic) bond motifs is 1. The van der Waals surface area contributed by atoms with Crippen LogP contribution < -0.4 is 10.6 Å². The standard InChI is InChI=1S/C20H19F2N5O/c21-14-8-9-17(16(22)12-14)24-20(28)23-15-6-4-5-13(11-15)19-26-25-18-7-2-1-3-10-27(18)19/h4-6,8-9,11-12H,1-3,7,10H2,(H2,23,24,28). The molecule has 2 heterocycles. The number of nitrogens with zero attached hydrogens (tertiary/aromatic N) is 3. The number of urea groups is 1. The van der Waals surface area contributed by atoms with E-state index in [1.165, 1.54) is 12.5 Å². The average Bonchev–Trinajstić information content (AvgIpc) is 2.93. The van der Waals surface area contributed by atoms with Crippen LogP contribution in [0.2, 0.25) is 0 Å². The van der Waals surface area contributed by atoms with Gasteiger partial charge in [0.05, 0.1) is 5.69 Å². The molecular weight excluding hydrogens is 364 g/mol. The van der Waals surface area contributed by atoms with Crippen molar-refractivity contribution in [2.24, 2.45) is 0 Å². The van der Waals surface area contributed by atoms with Crippen LogP contribution in [-0.4, -0.2) is 20.8 Å². The van der Waals surface area contributed by atoms with E-state index in [9.17, 15) is 13.6 Å². The zero-order chi connectivity index (χ0) is 19.5. The maximum absolute atomic E-state index is 13.7. The Bertz CT molecular complexity index is 1020. The van der Waals surface area contributed by atoms with Crippen molar-refractivity contribution in [2.75, 3.05) is 10.6 Å². The highest BCUT2D eigenvalue weighted by Gasteiger charge is 2.16. The molecule has 2 amide bonds. The molecule has 6 nitrogen and oxygen atoms in total. The molecule has 2 aromatic carbocycles. The lowest BCUT2D eigenvalue weighted by Gasteiger charge is -2.11. The van der Waals surface area contributed by atoms with Gasteiger partial charge >= 0.3 is 6.03 Å². The molecule has 28 heavy (non-hydrogen) atoms. The molecule has 0 fully saturated rings. The van der Waals surface area contributed by atoms with E-state index in [0.29, 0.717) is 11.8 Å². The fraction of sp³-hybridized carbons (Fsp3) is 0.250. The molecular formula is C20H19F2N5O. The van der Waals surface area contributed by atoms with Crippen LogP contribution >= 0.6 is 0 Å². The van der Waals surface area contributed by atoms with E-state index >= 15 is 0 Å². The van der Waals surface area contributed by atoms with Crippen molar-refractivity contribution in [1.29, 1.82) is 0 Å². The second-order valence-electron chi connectivity index (χ2n) is 6.69. The topological polar surface area (TPSA) is 71.8 Å². The third kappa shape index (κ3) is 3.85. The number of aryl methyl sites for hydroxylation is 1. The van der Waals surface area contributed by atoms with Crippen molar-refractivity contribution in [1.82, 2.24) is 14.8 Å². The summed E-state index contributed by atoms with van der Waals surface area (Å²) in [5.74, 6) is 0.208. The number of anilines is 2. The molecule has 0 bridgehead atoms. The Balaban J connectivity index is 1.51. The summed E-state index contributed by atoms with van der Waals surface area (Å²) in [6, 6.07) is 9.58. The molecule has 144 valence electrons. The van der Waals surface area contributed by atoms with Gasteiger partial charge in [0.15, 0.2) is 5.82 Å². The van der Waals surface area contributed by atoms with Gasteiger partial charge in [-0.3, -0.25) is 0 Å². The van der Waals surface area contributed by atoms with E-state index in [1.54, 1.807) is 12.1 Å². The lowest BCUT2D eigenvalue weighted by Crippen LogP contribution is -2.20. The van der Waals surface area contributed by atoms with Gasteiger partial charge < -0.3 is 15.2 Å². The fourth-order valence-electron chi connectivity index (χ4n) is 3.31. The van der Waals surface area contributed by atoms with E-state index in [2.05, 4.69) is 25.4 Å². The monoisotopic (exact) mass is 383 g/mol. The molecule has 0 radical (unpaired) electrons. The van der Waals surface area contributed by atoms with Crippen LogP contribution in [0.4, 0.5) is 25.0 Å². The van der Waals surface area contributed by atoms with Gasteiger partial charge in [0.1, 0.15) is 17.5 Å². The van der Waals surface area contributed by atoms with Crippen molar-refractivity contribution in [2.45, 2.75) is 32.2 Å². The highest BCUT2D eigenvalue weighted by molar-refractivity contribution is 6.00. The first-order valence-corrected chi connectivity index (χ1v) is 9.16. The first-order chi connectivity index (χ1) is 13.6. The first kappa shape index (κ1) is 18.1. The zero-order valence-corrected chi connectivity index (χ0v) is 15.1. The van der Waals surface area contributed by atoms with Gasteiger partial charge in [-0.25, -0.2) is 13.6 Å². The molecule has 0 saturated carbocycles. The minimum Gasteiger partial charge on any atom is -0.311 e. The van der Waals surface area contributed by atoms with Gasteiger partial charge in [0.25, 0.3) is 0 Å². The fourth-order valence-corrected chi connectivity index (χ4v) is 3.31. The molecule has 0 unspecified atom stereocenters. The molecule has 0 saturated heterocycles. The zero-order valence-electron chi connectivity index (χ0n) is 15.1. The van der Waals surface area contributed by atoms with Gasteiger partial charge in [0, 0.05) is 30.3 Å². The maximum Gasteiger partial charge on any atom is 0.323 e. The van der Waals surface area contributed by atoms with Crippen LogP contribution in [0.5, 0.6) is 0 Å². The summed E-state index contributed by atoms with van der Waals surface area (Å²) in [5.41, 5.74) is 1.27. The summed E-state index contributed by atoms with van der Waals surface area (Å²) < 4.78 is 28.8. The van der Waals surface area contributed by atoms with Gasteiger partial charge in [-0.15, -0.1) is 10.2 Å². The van der Waals surface area contributed by atoms with Crippen LogP contribution in [0.25, 0.3) is 11.4 Å². The quantitative estimate of drug-likeness (QED) is 0.695. The normalized spacial score (nSPS) is 13.5. The molecule has 1 aromatic heterocycles. The molecule has 2 N–H and O–H groups in total. The van der Waals surface area contributed by atoms with Crippen LogP contribution in [0.3, 0.4) is 0 Å². The predicted molar refractivity (Wildman–Crippen MR) is 102 cm³/mol. The lowest BCUT2D eigenvalue weighted by molar-refractivity contribution is 0.262. The van der Waals surface area contributed by atoms with Crippen molar-refractivity contribution in [3.8, 4) is 11.4 Å². The average molecular weight is 383 g/mol. The van der Waals surface area contributed by atoms with E-state index in [0.717, 1.165) is 49.1 Å². The van der Waals surface area contributed by atoms with Crippen molar-refractivity contribution >= 4 is 17.4 Å². The van der Waals surface area contributed by atoms with E-state index < -0.39 is 17.7 Å². The summed E-state index contributed by atoms with van der Waals surface area (Å²) in [7, 11) is 0. The second-order valence-corrected chi connectivity index (χ2v) is 6.69. The maximum atomic E-state index is 13.7. The van der Waals surface area contributed by atoms with E-state index in [1.807, 2.05) is 12.1 Å². The highest BCUT2D eigenvalue weighted by atomic mass is 19.1. The third-order valence-electron chi connectivity index (χ3n) is 4.67. The number of carbonyl (C=O) groups excluding carboxylic acids is 1. The lowest BCUT2D eigenvalue weighted by atomic mass is 10.2. The minimum atomic E-state index is -0.838. The van der Waals surface area contributed by atoms with Gasteiger partial charge in [0.2, 0.25) is 0 Å². The first-order valence-electron chi connectivity index (χ1n) is 9.16. The Hall–Kier alpha value is -3.29. The molecule has 1 aliphatic rings. The number of hydrogen-bond donors (Lipinski definition) is 2. The SMILES string of the molecule is O=C(Nc1cccc(-c2nnc3n2CCCCC3)c1)Nc1ccc(F)cc1F. The molecule has 0 atom stereocenters. The number of halogens is 2. The summed E-state index contributed by atoms with van der Waals surface area (Å²) in [6.45, 7) is 0.875. The summed E-state index contributed by atoms with van der Waals surface area (Å²) in [6.07, 6.45) is 4.28. The van der Waals surface area contributed by atoms with E-state index in [4.69, 9.17) is 0 Å². The molecule has 3 aromatic rings. The smallest absolute Gasteiger partial charge is 0.311 e. The number of benzene rings is 2. The van der Waals surface area contributed by atoms with Crippen LogP contribution in [0, 0.1) is 11.6 Å². The largest absolute Gasteiger partial charge is 0.323 e. The molecule has 0 aliphatic carbocycles. The second kappa shape index (κ2) is 7.75. The summed E-state index contributed by atoms with van der Waals surface area (Å²) >= 11 is 0. The molecule has 1 aliphatic heterocycles. The number of hydrogen-bond acceptors (Lipinski definition) is 3. The van der Waals surface area contributed by atoms with Crippen molar-refractivity contribution in [3.05, 3.63) is 59.9 Å². The Morgan fingerprint density at radius 1 is 1.00 bits per heavy atom. The third-order valence-corrected chi connectivity index (χ3v) is 4.67. The molecule has 4 rings (SSSR count). The van der Waals surface area contributed by atoms with Gasteiger partial charge in [-0.2, -0.15) is 0 Å². The van der Waals surface area contributed by atoms with Crippen molar-refractivity contribution in [3.63, 3.8) is 0 Å². The number of carbonyl (C=O) groups is 1.